The van der Waals surface area contributed by atoms with E-state index < -0.39 is 20.3 Å². The molecule has 2 unspecified atom stereocenters. The maximum Gasteiger partial charge on any atom is 1.00 e. The van der Waals surface area contributed by atoms with E-state index in [1.165, 1.54) is 0 Å². The van der Waals surface area contributed by atoms with Gasteiger partial charge in [-0.15, -0.1) is 25.3 Å². The first-order chi connectivity index (χ1) is 9.09. The molecule has 8 nitrogen and oxygen atoms in total. The number of carbonyl (C=O) groups excluding carboxylic acids is 2. The van der Waals surface area contributed by atoms with Crippen LogP contribution in [0.4, 0.5) is 0 Å². The quantitative estimate of drug-likeness (QED) is 0.140. The van der Waals surface area contributed by atoms with Crippen LogP contribution in [0.15, 0.2) is 0 Å². The number of hydrogen-bond acceptors (Lipinski definition) is 12. The van der Waals surface area contributed by atoms with Crippen LogP contribution >= 0.6 is 73.2 Å². The average Bonchev–Trinajstić information content (AvgIpc) is 2.85. The molecule has 2 aliphatic heterocycles. The molecule has 16 heteroatoms. The molecular formula is C6H6N4Na2O4S6. The number of nitrogens with one attached hydrogen (secondary N) is 4. The third-order valence-electron chi connectivity index (χ3n) is 1.70. The zero-order chi connectivity index (χ0) is 15.6. The van der Waals surface area contributed by atoms with Crippen molar-refractivity contribution in [3.05, 3.63) is 0 Å². The predicted octanol–water partition coefficient (Wildman–Crippen LogP) is -9.10. The molecule has 2 aliphatic rings. The van der Waals surface area contributed by atoms with Crippen molar-refractivity contribution in [3.63, 3.8) is 0 Å². The van der Waals surface area contributed by atoms with Crippen molar-refractivity contribution in [3.8, 4) is 0 Å². The van der Waals surface area contributed by atoms with Crippen LogP contribution in [0, 0.1) is 0 Å². The largest absolute Gasteiger partial charge is 1.00 e. The number of thioether (sulfide) groups is 2. The number of carboxylic acids is 2. The summed E-state index contributed by atoms with van der Waals surface area (Å²) in [5.74, 6) is -2.62. The van der Waals surface area contributed by atoms with Crippen molar-refractivity contribution < 1.29 is 78.9 Å². The Balaban J connectivity index is 0. The third kappa shape index (κ3) is 7.51. The molecule has 2 saturated heterocycles. The number of thiol groups is 2. The maximum atomic E-state index is 10.3. The average molecular weight is 437 g/mol. The summed E-state index contributed by atoms with van der Waals surface area (Å²) in [6.45, 7) is 0. The van der Waals surface area contributed by atoms with Gasteiger partial charge in [-0.3, -0.25) is 0 Å². The van der Waals surface area contributed by atoms with Crippen LogP contribution in [0.2, 0.25) is 0 Å². The number of thiocarbonyl (C=S) groups is 2. The van der Waals surface area contributed by atoms with E-state index in [9.17, 15) is 19.8 Å². The second kappa shape index (κ2) is 10.9. The Morgan fingerprint density at radius 3 is 1.27 bits per heavy atom. The van der Waals surface area contributed by atoms with Crippen molar-refractivity contribution in [2.75, 3.05) is 0 Å². The van der Waals surface area contributed by atoms with Crippen molar-refractivity contribution in [1.82, 2.24) is 21.7 Å². The SMILES string of the molecule is O=C([O-])C1(S)NNC(=S)S1.O=C([O-])C1(S)NNC(=S)S1.[Na+].[Na+]. The molecule has 0 aromatic heterocycles. The zero-order valence-electron chi connectivity index (χ0n) is 11.2. The minimum atomic E-state index is -1.42. The maximum absolute atomic E-state index is 10.3. The van der Waals surface area contributed by atoms with E-state index in [4.69, 9.17) is 0 Å². The van der Waals surface area contributed by atoms with Crippen molar-refractivity contribution in [1.29, 1.82) is 0 Å². The number of carboxylic acid groups (broad SMARTS) is 2. The molecule has 2 fully saturated rings. The Morgan fingerprint density at radius 1 is 0.909 bits per heavy atom. The number of rotatable bonds is 2. The van der Waals surface area contributed by atoms with E-state index in [-0.39, 0.29) is 59.1 Å². The van der Waals surface area contributed by atoms with Crippen LogP contribution in [0.25, 0.3) is 0 Å². The van der Waals surface area contributed by atoms with Gasteiger partial charge in [0.25, 0.3) is 0 Å². The van der Waals surface area contributed by atoms with Gasteiger partial charge in [0.1, 0.15) is 0 Å². The fraction of sp³-hybridized carbons (Fsp3) is 0.333. The second-order valence-electron chi connectivity index (χ2n) is 3.14. The first-order valence-electron chi connectivity index (χ1n) is 4.49. The second-order valence-corrected chi connectivity index (χ2v) is 8.87. The predicted molar refractivity (Wildman–Crippen MR) is 86.4 cm³/mol. The first-order valence-corrected chi connectivity index (χ1v) is 7.83. The van der Waals surface area contributed by atoms with Crippen molar-refractivity contribution in [2.45, 2.75) is 8.41 Å². The van der Waals surface area contributed by atoms with Gasteiger partial charge < -0.3 is 30.7 Å². The van der Waals surface area contributed by atoms with E-state index in [1.54, 1.807) is 0 Å². The van der Waals surface area contributed by atoms with E-state index >= 15 is 0 Å². The summed E-state index contributed by atoms with van der Waals surface area (Å²) in [5.41, 5.74) is 9.59. The van der Waals surface area contributed by atoms with E-state index in [1.807, 2.05) is 0 Å². The fourth-order valence-electron chi connectivity index (χ4n) is 0.827. The number of hydrogen-bond donors (Lipinski definition) is 6. The first kappa shape index (κ1) is 26.3. The van der Waals surface area contributed by atoms with Crippen LogP contribution in [-0.4, -0.2) is 29.0 Å². The van der Waals surface area contributed by atoms with Gasteiger partial charge in [-0.25, -0.2) is 10.9 Å². The van der Waals surface area contributed by atoms with Gasteiger partial charge >= 0.3 is 59.1 Å². The number of carbonyl (C=O) groups is 2. The fourth-order valence-corrected chi connectivity index (χ4v) is 3.82. The van der Waals surface area contributed by atoms with Crippen LogP contribution < -0.4 is 91.0 Å². The monoisotopic (exact) mass is 436 g/mol. The summed E-state index contributed by atoms with van der Waals surface area (Å²) in [6.07, 6.45) is 0. The van der Waals surface area contributed by atoms with Gasteiger partial charge in [0.05, 0.1) is 11.9 Å². The molecule has 0 radical (unpaired) electrons. The van der Waals surface area contributed by atoms with Gasteiger partial charge in [0.15, 0.2) is 17.0 Å². The number of hydrazine groups is 2. The summed E-state index contributed by atoms with van der Waals surface area (Å²) in [7, 11) is 0. The number of aliphatic carboxylic acids is 2. The van der Waals surface area contributed by atoms with Crippen LogP contribution in [0.5, 0.6) is 0 Å². The molecule has 0 amide bonds. The Hall–Kier alpha value is 2.04. The molecule has 112 valence electrons. The van der Waals surface area contributed by atoms with Gasteiger partial charge in [0, 0.05) is 0 Å². The van der Waals surface area contributed by atoms with Crippen LogP contribution in [0.3, 0.4) is 0 Å². The normalized spacial score (nSPS) is 29.0. The molecule has 2 atom stereocenters. The Kier molecular flexibility index (Phi) is 13.0. The Bertz CT molecular complexity index is 444. The summed E-state index contributed by atoms with van der Waals surface area (Å²) in [6, 6.07) is 0. The molecule has 2 rings (SSSR count). The van der Waals surface area contributed by atoms with E-state index in [0.717, 1.165) is 23.5 Å². The Morgan fingerprint density at radius 2 is 1.18 bits per heavy atom. The van der Waals surface area contributed by atoms with Crippen molar-refractivity contribution in [2.24, 2.45) is 0 Å². The minimum Gasteiger partial charge on any atom is -0.546 e. The molecule has 4 N–H and O–H groups in total. The molecule has 22 heavy (non-hydrogen) atoms. The third-order valence-corrected chi connectivity index (χ3v) is 5.25. The molecule has 0 aromatic rings. The summed E-state index contributed by atoms with van der Waals surface area (Å²) in [5, 5.41) is 20.6. The van der Waals surface area contributed by atoms with Gasteiger partial charge in [-0.2, -0.15) is 0 Å². The summed E-state index contributed by atoms with van der Waals surface area (Å²) in [4.78, 5) is 20.6. The summed E-state index contributed by atoms with van der Waals surface area (Å²) >= 11 is 18.6. The Labute approximate surface area is 200 Å². The van der Waals surface area contributed by atoms with Gasteiger partial charge in [0.2, 0.25) is 0 Å². The topological polar surface area (TPSA) is 128 Å². The van der Waals surface area contributed by atoms with Gasteiger partial charge in [-0.05, 0) is 0 Å². The minimum absolute atomic E-state index is 0. The standard InChI is InChI=1S/2C3H4N2O2S3.2Na/c2*6-1(7)3(9)5-4-2(8)10-3;;/h2*5,9H,(H,4,8)(H,6,7);;/q;;2*+1/p-2. The molecule has 0 spiro atoms. The molecule has 0 aliphatic carbocycles. The van der Waals surface area contributed by atoms with Crippen LogP contribution in [-0.2, 0) is 9.59 Å². The molecule has 0 bridgehead atoms. The van der Waals surface area contributed by atoms with Crippen LogP contribution in [0.1, 0.15) is 0 Å². The molecule has 2 heterocycles. The smallest absolute Gasteiger partial charge is 0.546 e. The summed E-state index contributed by atoms with van der Waals surface area (Å²) < 4.78 is -2.15. The van der Waals surface area contributed by atoms with Crippen molar-refractivity contribution >= 4 is 93.8 Å². The zero-order valence-corrected chi connectivity index (χ0v) is 20.2. The molecular weight excluding hydrogens is 430 g/mol. The van der Waals surface area contributed by atoms with Gasteiger partial charge in [-0.1, -0.05) is 48.0 Å². The van der Waals surface area contributed by atoms with E-state index in [2.05, 4.69) is 71.4 Å². The molecule has 0 aromatic carbocycles. The van der Waals surface area contributed by atoms with E-state index in [0.29, 0.717) is 8.64 Å². The molecule has 0 saturated carbocycles.